The fourth-order valence-corrected chi connectivity index (χ4v) is 2.21. The molecule has 0 saturated heterocycles. The highest BCUT2D eigenvalue weighted by Gasteiger charge is 2.13. The fraction of sp³-hybridized carbons (Fsp3) is 0.625. The van der Waals surface area contributed by atoms with Crippen LogP contribution in [0.1, 0.15) is 32.8 Å². The Morgan fingerprint density at radius 2 is 2.10 bits per heavy atom. The van der Waals surface area contributed by atoms with Gasteiger partial charge in [0.15, 0.2) is 0 Å². The SMILES string of the molecule is CCN(CCCO)c1cccc(F)c1CNCC(C)C. The maximum atomic E-state index is 14.1. The van der Waals surface area contributed by atoms with Gasteiger partial charge >= 0.3 is 0 Å². The number of nitrogens with one attached hydrogen (secondary N) is 1. The number of nitrogens with zero attached hydrogens (tertiary/aromatic N) is 1. The van der Waals surface area contributed by atoms with Gasteiger partial charge in [-0.1, -0.05) is 19.9 Å². The Kier molecular flexibility index (Phi) is 7.55. The lowest BCUT2D eigenvalue weighted by atomic mass is 10.1. The Balaban J connectivity index is 2.85. The van der Waals surface area contributed by atoms with Crippen LogP contribution in [-0.2, 0) is 6.54 Å². The summed E-state index contributed by atoms with van der Waals surface area (Å²) in [6.07, 6.45) is 0.698. The Morgan fingerprint density at radius 1 is 1.35 bits per heavy atom. The van der Waals surface area contributed by atoms with E-state index in [-0.39, 0.29) is 12.4 Å². The van der Waals surface area contributed by atoms with Crippen molar-refractivity contribution in [2.45, 2.75) is 33.7 Å². The van der Waals surface area contributed by atoms with E-state index in [0.717, 1.165) is 25.3 Å². The van der Waals surface area contributed by atoms with Crippen LogP contribution in [0.15, 0.2) is 18.2 Å². The van der Waals surface area contributed by atoms with E-state index in [1.807, 2.05) is 13.0 Å². The molecule has 20 heavy (non-hydrogen) atoms. The van der Waals surface area contributed by atoms with Gasteiger partial charge in [0.1, 0.15) is 5.82 Å². The lowest BCUT2D eigenvalue weighted by Gasteiger charge is -2.26. The van der Waals surface area contributed by atoms with Crippen molar-refractivity contribution in [3.63, 3.8) is 0 Å². The molecule has 0 bridgehead atoms. The molecule has 3 nitrogen and oxygen atoms in total. The molecule has 1 rings (SSSR count). The first-order chi connectivity index (χ1) is 9.60. The maximum Gasteiger partial charge on any atom is 0.129 e. The molecule has 0 unspecified atom stereocenters. The zero-order valence-corrected chi connectivity index (χ0v) is 12.8. The summed E-state index contributed by atoms with van der Waals surface area (Å²) < 4.78 is 14.1. The predicted octanol–water partition coefficient (Wildman–Crippen LogP) is 2.78. The van der Waals surface area contributed by atoms with Gasteiger partial charge < -0.3 is 15.3 Å². The van der Waals surface area contributed by atoms with E-state index >= 15 is 0 Å². The van der Waals surface area contributed by atoms with Crippen molar-refractivity contribution in [2.75, 3.05) is 31.1 Å². The first-order valence-corrected chi connectivity index (χ1v) is 7.44. The van der Waals surface area contributed by atoms with Crippen molar-refractivity contribution in [2.24, 2.45) is 5.92 Å². The smallest absolute Gasteiger partial charge is 0.129 e. The number of aliphatic hydroxyl groups is 1. The molecule has 0 saturated carbocycles. The second-order valence-corrected chi connectivity index (χ2v) is 5.42. The highest BCUT2D eigenvalue weighted by atomic mass is 19.1. The number of halogens is 1. The Bertz CT molecular complexity index is 396. The van der Waals surface area contributed by atoms with Crippen LogP contribution in [0.5, 0.6) is 0 Å². The van der Waals surface area contributed by atoms with Crippen LogP contribution in [0, 0.1) is 11.7 Å². The van der Waals surface area contributed by atoms with Gasteiger partial charge in [-0.25, -0.2) is 4.39 Å². The number of hydrogen-bond acceptors (Lipinski definition) is 3. The molecule has 0 aliphatic heterocycles. The van der Waals surface area contributed by atoms with Gasteiger partial charge in [-0.05, 0) is 37.9 Å². The van der Waals surface area contributed by atoms with Gasteiger partial charge in [0, 0.05) is 37.5 Å². The van der Waals surface area contributed by atoms with Crippen molar-refractivity contribution in [1.82, 2.24) is 5.32 Å². The Labute approximate surface area is 121 Å². The van der Waals surface area contributed by atoms with E-state index in [1.165, 1.54) is 6.07 Å². The quantitative estimate of drug-likeness (QED) is 0.731. The minimum Gasteiger partial charge on any atom is -0.396 e. The third kappa shape index (κ3) is 5.10. The molecule has 1 aromatic carbocycles. The summed E-state index contributed by atoms with van der Waals surface area (Å²) in [6, 6.07) is 5.21. The maximum absolute atomic E-state index is 14.1. The third-order valence-corrected chi connectivity index (χ3v) is 3.26. The molecular formula is C16H27FN2O. The van der Waals surface area contributed by atoms with E-state index in [1.54, 1.807) is 6.07 Å². The summed E-state index contributed by atoms with van der Waals surface area (Å²) in [5.41, 5.74) is 1.64. The number of benzene rings is 1. The van der Waals surface area contributed by atoms with Gasteiger partial charge in [0.2, 0.25) is 0 Å². The molecule has 0 aliphatic carbocycles. The highest BCUT2D eigenvalue weighted by molar-refractivity contribution is 5.54. The molecule has 0 atom stereocenters. The van der Waals surface area contributed by atoms with Crippen LogP contribution in [0.4, 0.5) is 10.1 Å². The van der Waals surface area contributed by atoms with E-state index in [4.69, 9.17) is 5.11 Å². The monoisotopic (exact) mass is 282 g/mol. The van der Waals surface area contributed by atoms with Crippen molar-refractivity contribution in [3.8, 4) is 0 Å². The molecule has 114 valence electrons. The fourth-order valence-electron chi connectivity index (χ4n) is 2.21. The lowest BCUT2D eigenvalue weighted by Crippen LogP contribution is -2.28. The van der Waals surface area contributed by atoms with E-state index < -0.39 is 0 Å². The van der Waals surface area contributed by atoms with Crippen LogP contribution in [0.3, 0.4) is 0 Å². The van der Waals surface area contributed by atoms with E-state index in [2.05, 4.69) is 24.1 Å². The lowest BCUT2D eigenvalue weighted by molar-refractivity contribution is 0.289. The van der Waals surface area contributed by atoms with Gasteiger partial charge in [0.05, 0.1) is 0 Å². The number of rotatable bonds is 9. The van der Waals surface area contributed by atoms with Gasteiger partial charge in [-0.3, -0.25) is 0 Å². The standard InChI is InChI=1S/C16H27FN2O/c1-4-19(9-6-10-20)16-8-5-7-15(17)14(16)12-18-11-13(2)3/h5,7-8,13,18,20H,4,6,9-12H2,1-3H3. The van der Waals surface area contributed by atoms with E-state index in [9.17, 15) is 4.39 Å². The van der Waals surface area contributed by atoms with Crippen LogP contribution >= 0.6 is 0 Å². The van der Waals surface area contributed by atoms with Crippen molar-refractivity contribution in [3.05, 3.63) is 29.6 Å². The number of hydrogen-bond donors (Lipinski definition) is 2. The first kappa shape index (κ1) is 16.9. The topological polar surface area (TPSA) is 35.5 Å². The average molecular weight is 282 g/mol. The number of aliphatic hydroxyl groups excluding tert-OH is 1. The van der Waals surface area contributed by atoms with Crippen molar-refractivity contribution >= 4 is 5.69 Å². The van der Waals surface area contributed by atoms with Crippen LogP contribution in [0.25, 0.3) is 0 Å². The minimum absolute atomic E-state index is 0.159. The third-order valence-electron chi connectivity index (χ3n) is 3.26. The van der Waals surface area contributed by atoms with Gasteiger partial charge in [-0.15, -0.1) is 0 Å². The molecule has 0 heterocycles. The summed E-state index contributed by atoms with van der Waals surface area (Å²) in [4.78, 5) is 2.12. The van der Waals surface area contributed by atoms with E-state index in [0.29, 0.717) is 24.4 Å². The summed E-state index contributed by atoms with van der Waals surface area (Å²) in [7, 11) is 0. The molecule has 0 fully saturated rings. The largest absolute Gasteiger partial charge is 0.396 e. The molecule has 0 radical (unpaired) electrons. The molecule has 1 aromatic rings. The zero-order chi connectivity index (χ0) is 15.0. The average Bonchev–Trinajstić information content (AvgIpc) is 2.42. The number of anilines is 1. The molecule has 0 amide bonds. The van der Waals surface area contributed by atoms with Crippen molar-refractivity contribution in [1.29, 1.82) is 0 Å². The van der Waals surface area contributed by atoms with Gasteiger partial charge in [-0.2, -0.15) is 0 Å². The molecule has 0 spiro atoms. The normalized spacial score (nSPS) is 11.1. The van der Waals surface area contributed by atoms with Crippen LogP contribution in [-0.4, -0.2) is 31.3 Å². The van der Waals surface area contributed by atoms with Crippen LogP contribution < -0.4 is 10.2 Å². The molecule has 0 aliphatic rings. The summed E-state index contributed by atoms with van der Waals surface area (Å²) in [5, 5.41) is 12.3. The zero-order valence-electron chi connectivity index (χ0n) is 12.8. The van der Waals surface area contributed by atoms with Gasteiger partial charge in [0.25, 0.3) is 0 Å². The summed E-state index contributed by atoms with van der Waals surface area (Å²) >= 11 is 0. The highest BCUT2D eigenvalue weighted by Crippen LogP contribution is 2.23. The molecule has 4 heteroatoms. The van der Waals surface area contributed by atoms with Crippen molar-refractivity contribution < 1.29 is 9.50 Å². The minimum atomic E-state index is -0.166. The first-order valence-electron chi connectivity index (χ1n) is 7.44. The van der Waals surface area contributed by atoms with Crippen LogP contribution in [0.2, 0.25) is 0 Å². The Hall–Kier alpha value is -1.13. The predicted molar refractivity (Wildman–Crippen MR) is 82.5 cm³/mol. The molecule has 0 aromatic heterocycles. The molecule has 2 N–H and O–H groups in total. The summed E-state index contributed by atoms with van der Waals surface area (Å²) in [6.45, 7) is 9.44. The Morgan fingerprint density at radius 3 is 2.70 bits per heavy atom. The molecular weight excluding hydrogens is 255 g/mol. The second kappa shape index (κ2) is 8.93. The summed E-state index contributed by atoms with van der Waals surface area (Å²) in [5.74, 6) is 0.378. The second-order valence-electron chi connectivity index (χ2n) is 5.42.